The number of aromatic nitrogens is 1. The Balaban J connectivity index is 1.74. The van der Waals surface area contributed by atoms with Crippen molar-refractivity contribution in [2.45, 2.75) is 20.8 Å². The number of hydrogen-bond donors (Lipinski definition) is 1. The third kappa shape index (κ3) is 3.83. The van der Waals surface area contributed by atoms with Crippen LogP contribution in [-0.4, -0.2) is 28.6 Å². The molecule has 0 saturated carbocycles. The van der Waals surface area contributed by atoms with Gasteiger partial charge in [0.25, 0.3) is 11.8 Å². The van der Waals surface area contributed by atoms with Crippen LogP contribution < -0.4 is 15.0 Å². The lowest BCUT2D eigenvalue weighted by molar-refractivity contribution is -0.122. The fraction of sp³-hybridized carbons (Fsp3) is 0.160. The van der Waals surface area contributed by atoms with Crippen molar-refractivity contribution in [1.29, 1.82) is 0 Å². The van der Waals surface area contributed by atoms with E-state index in [0.717, 1.165) is 28.2 Å². The van der Waals surface area contributed by atoms with Gasteiger partial charge >= 0.3 is 0 Å². The van der Waals surface area contributed by atoms with Crippen LogP contribution in [0.1, 0.15) is 22.5 Å². The summed E-state index contributed by atoms with van der Waals surface area (Å²) in [5, 5.41) is 2.68. The van der Waals surface area contributed by atoms with E-state index in [2.05, 4.69) is 16.0 Å². The number of benzene rings is 2. The second-order valence-electron chi connectivity index (χ2n) is 7.66. The summed E-state index contributed by atoms with van der Waals surface area (Å²) in [4.78, 5) is 27.3. The zero-order valence-electron chi connectivity index (χ0n) is 18.3. The van der Waals surface area contributed by atoms with Crippen molar-refractivity contribution in [2.75, 3.05) is 12.0 Å². The molecule has 2 aromatic carbocycles. The number of nitrogens with zero attached hydrogens (tertiary/aromatic N) is 2. The largest absolute Gasteiger partial charge is 0.497 e. The summed E-state index contributed by atoms with van der Waals surface area (Å²) >= 11 is 5.28. The summed E-state index contributed by atoms with van der Waals surface area (Å²) in [5.74, 6) is -0.318. The van der Waals surface area contributed by atoms with Crippen molar-refractivity contribution in [1.82, 2.24) is 9.88 Å². The van der Waals surface area contributed by atoms with Crippen LogP contribution in [0.2, 0.25) is 0 Å². The van der Waals surface area contributed by atoms with Gasteiger partial charge in [0.1, 0.15) is 11.3 Å². The molecule has 0 bridgehead atoms. The fourth-order valence-corrected chi connectivity index (χ4v) is 4.16. The van der Waals surface area contributed by atoms with E-state index in [-0.39, 0.29) is 10.7 Å². The van der Waals surface area contributed by atoms with Gasteiger partial charge in [-0.1, -0.05) is 12.1 Å². The Labute approximate surface area is 192 Å². The molecule has 1 fully saturated rings. The third-order valence-corrected chi connectivity index (χ3v) is 5.75. The highest BCUT2D eigenvalue weighted by Gasteiger charge is 2.34. The van der Waals surface area contributed by atoms with Crippen LogP contribution in [0.15, 0.2) is 60.2 Å². The van der Waals surface area contributed by atoms with Crippen molar-refractivity contribution < 1.29 is 14.3 Å². The minimum Gasteiger partial charge on any atom is -0.497 e. The smallest absolute Gasteiger partial charge is 0.270 e. The third-order valence-electron chi connectivity index (χ3n) is 5.46. The molecule has 3 aromatic rings. The molecule has 0 unspecified atom stereocenters. The monoisotopic (exact) mass is 445 g/mol. The first-order valence-corrected chi connectivity index (χ1v) is 10.5. The summed E-state index contributed by atoms with van der Waals surface area (Å²) in [6.07, 6.45) is 1.63. The van der Waals surface area contributed by atoms with Gasteiger partial charge in [-0.05, 0) is 92.7 Å². The molecular formula is C25H23N3O3S. The molecule has 0 spiro atoms. The highest BCUT2D eigenvalue weighted by atomic mass is 32.1. The second kappa shape index (κ2) is 8.43. The van der Waals surface area contributed by atoms with E-state index in [1.54, 1.807) is 37.5 Å². The van der Waals surface area contributed by atoms with Gasteiger partial charge in [-0.3, -0.25) is 19.8 Å². The number of nitrogens with one attached hydrogen (secondary N) is 1. The first kappa shape index (κ1) is 21.5. The lowest BCUT2D eigenvalue weighted by Crippen LogP contribution is -2.54. The molecule has 0 radical (unpaired) electrons. The van der Waals surface area contributed by atoms with Crippen LogP contribution in [0.5, 0.6) is 5.75 Å². The molecule has 4 rings (SSSR count). The molecule has 162 valence electrons. The quantitative estimate of drug-likeness (QED) is 0.371. The second-order valence-corrected chi connectivity index (χ2v) is 8.04. The Bertz CT molecular complexity index is 1270. The van der Waals surface area contributed by atoms with Gasteiger partial charge in [0.2, 0.25) is 0 Å². The van der Waals surface area contributed by atoms with Crippen molar-refractivity contribution in [2.24, 2.45) is 0 Å². The first-order valence-electron chi connectivity index (χ1n) is 10.1. The van der Waals surface area contributed by atoms with Crippen LogP contribution in [-0.2, 0) is 9.59 Å². The molecule has 32 heavy (non-hydrogen) atoms. The summed E-state index contributed by atoms with van der Waals surface area (Å²) in [6, 6.07) is 17.1. The first-order chi connectivity index (χ1) is 15.3. The number of aryl methyl sites for hydroxylation is 2. The van der Waals surface area contributed by atoms with E-state index in [1.807, 2.05) is 45.0 Å². The van der Waals surface area contributed by atoms with E-state index in [0.29, 0.717) is 11.4 Å². The Kier molecular flexibility index (Phi) is 5.67. The molecule has 1 N–H and O–H groups in total. The molecule has 7 heteroatoms. The normalized spacial score (nSPS) is 15.3. The lowest BCUT2D eigenvalue weighted by Gasteiger charge is -2.29. The molecule has 0 aliphatic carbocycles. The molecule has 1 aromatic heterocycles. The van der Waals surface area contributed by atoms with Gasteiger partial charge in [-0.25, -0.2) is 0 Å². The Morgan fingerprint density at radius 1 is 0.969 bits per heavy atom. The average molecular weight is 446 g/mol. The maximum atomic E-state index is 13.3. The maximum absolute atomic E-state index is 13.3. The van der Waals surface area contributed by atoms with Crippen LogP contribution >= 0.6 is 12.2 Å². The van der Waals surface area contributed by atoms with Gasteiger partial charge < -0.3 is 9.30 Å². The van der Waals surface area contributed by atoms with Crippen LogP contribution in [0.3, 0.4) is 0 Å². The highest BCUT2D eigenvalue weighted by molar-refractivity contribution is 7.80. The van der Waals surface area contributed by atoms with Crippen molar-refractivity contribution in [3.63, 3.8) is 0 Å². The molecule has 1 aliphatic rings. The number of carbonyl (C=O) groups is 2. The van der Waals surface area contributed by atoms with Gasteiger partial charge in [0, 0.05) is 17.1 Å². The number of rotatable bonds is 4. The average Bonchev–Trinajstić information content (AvgIpc) is 3.04. The van der Waals surface area contributed by atoms with E-state index < -0.39 is 11.8 Å². The summed E-state index contributed by atoms with van der Waals surface area (Å²) in [7, 11) is 1.57. The summed E-state index contributed by atoms with van der Waals surface area (Å²) < 4.78 is 7.29. The summed E-state index contributed by atoms with van der Waals surface area (Å²) in [5.41, 5.74) is 5.50. The predicted molar refractivity (Wildman–Crippen MR) is 129 cm³/mol. The number of carbonyl (C=O) groups excluding carboxylic acids is 2. The maximum Gasteiger partial charge on any atom is 0.270 e. The topological polar surface area (TPSA) is 63.6 Å². The van der Waals surface area contributed by atoms with Gasteiger partial charge in [-0.2, -0.15) is 0 Å². The molecule has 0 atom stereocenters. The summed E-state index contributed by atoms with van der Waals surface area (Å²) in [6.45, 7) is 6.01. The molecule has 1 saturated heterocycles. The number of amides is 2. The standard InChI is InChI=1S/C25H23N3O3S/c1-15-6-5-7-20(12-15)27-16(2)13-18(17(27)3)14-22-23(29)26-25(32)28(24(22)30)19-8-10-21(31-4)11-9-19/h5-14H,1-4H3,(H,26,29,32)/b22-14+. The molecule has 2 heterocycles. The zero-order valence-corrected chi connectivity index (χ0v) is 19.1. The van der Waals surface area contributed by atoms with Gasteiger partial charge in [-0.15, -0.1) is 0 Å². The number of anilines is 1. The number of thiocarbonyl (C=S) groups is 1. The minimum absolute atomic E-state index is 0.0268. The molecular weight excluding hydrogens is 422 g/mol. The van der Waals surface area contributed by atoms with Crippen LogP contribution in [0.25, 0.3) is 11.8 Å². The van der Waals surface area contributed by atoms with Crippen LogP contribution in [0, 0.1) is 20.8 Å². The molecule has 6 nitrogen and oxygen atoms in total. The van der Waals surface area contributed by atoms with Gasteiger partial charge in [0.15, 0.2) is 5.11 Å². The Morgan fingerprint density at radius 3 is 2.34 bits per heavy atom. The van der Waals surface area contributed by atoms with E-state index in [4.69, 9.17) is 17.0 Å². The van der Waals surface area contributed by atoms with E-state index in [1.165, 1.54) is 4.90 Å². The van der Waals surface area contributed by atoms with Crippen molar-refractivity contribution >= 4 is 40.9 Å². The number of hydrogen-bond acceptors (Lipinski definition) is 4. The Morgan fingerprint density at radius 2 is 1.69 bits per heavy atom. The zero-order chi connectivity index (χ0) is 23.0. The van der Waals surface area contributed by atoms with E-state index in [9.17, 15) is 9.59 Å². The number of methoxy groups -OCH3 is 1. The fourth-order valence-electron chi connectivity index (χ4n) is 3.88. The Hall–Kier alpha value is -3.71. The van der Waals surface area contributed by atoms with Crippen LogP contribution in [0.4, 0.5) is 5.69 Å². The molecule has 1 aliphatic heterocycles. The molecule has 2 amide bonds. The van der Waals surface area contributed by atoms with Crippen molar-refractivity contribution in [3.8, 4) is 11.4 Å². The number of ether oxygens (including phenoxy) is 1. The van der Waals surface area contributed by atoms with E-state index >= 15 is 0 Å². The van der Waals surface area contributed by atoms with Gasteiger partial charge in [0.05, 0.1) is 12.8 Å². The SMILES string of the molecule is COc1ccc(N2C(=O)/C(=C/c3cc(C)n(-c4cccc(C)c4)c3C)C(=O)NC2=S)cc1. The lowest BCUT2D eigenvalue weighted by atomic mass is 10.1. The minimum atomic E-state index is -0.509. The van der Waals surface area contributed by atoms with Crippen molar-refractivity contribution in [3.05, 3.63) is 82.7 Å². The highest BCUT2D eigenvalue weighted by Crippen LogP contribution is 2.27. The predicted octanol–water partition coefficient (Wildman–Crippen LogP) is 4.24.